The Morgan fingerprint density at radius 2 is 2.06 bits per heavy atom. The number of nitrogens with one attached hydrogen (secondary N) is 1. The normalized spacial score (nSPS) is 11.3. The first-order chi connectivity index (χ1) is 8.27. The summed E-state index contributed by atoms with van der Waals surface area (Å²) in [5.41, 5.74) is 7.50. The lowest BCUT2D eigenvalue weighted by Gasteiger charge is -2.26. The van der Waals surface area contributed by atoms with Crippen molar-refractivity contribution in [2.75, 3.05) is 37.4 Å². The highest BCUT2D eigenvalue weighted by Crippen LogP contribution is 2.37. The van der Waals surface area contributed by atoms with Crippen LogP contribution in [0.1, 0.15) is 6.92 Å². The van der Waals surface area contributed by atoms with Crippen LogP contribution >= 0.6 is 11.9 Å². The van der Waals surface area contributed by atoms with Gasteiger partial charge in [-0.3, -0.25) is 14.6 Å². The van der Waals surface area contributed by atoms with Gasteiger partial charge in [-0.05, 0) is 0 Å². The molecule has 7 heteroatoms. The molecule has 0 spiro atoms. The van der Waals surface area contributed by atoms with E-state index in [4.69, 9.17) is 5.73 Å². The number of hydrogen-bond acceptors (Lipinski definition) is 5. The van der Waals surface area contributed by atoms with Gasteiger partial charge in [-0.2, -0.15) is 0 Å². The average molecular weight is 271 g/mol. The molecule has 0 heterocycles. The Hall–Kier alpha value is -1.47. The standard InChI is InChI=1S/C11H19N4O2S/c1-5-18-13-9-7-10(14(16)17)8(12)6-11(9)15(2,3)4/h6-7,13H,5,12H2,1-4H3/q+1. The quantitative estimate of drug-likeness (QED) is 0.283. The van der Waals surface area contributed by atoms with Crippen molar-refractivity contribution in [2.45, 2.75) is 6.92 Å². The maximum atomic E-state index is 10.9. The van der Waals surface area contributed by atoms with E-state index >= 15 is 0 Å². The fraction of sp³-hybridized carbons (Fsp3) is 0.455. The van der Waals surface area contributed by atoms with Gasteiger partial charge in [-0.1, -0.05) is 18.9 Å². The summed E-state index contributed by atoms with van der Waals surface area (Å²) in [5.74, 6) is 0.870. The molecule has 1 aromatic rings. The second-order valence-electron chi connectivity index (χ2n) is 4.73. The third-order valence-electron chi connectivity index (χ3n) is 2.39. The molecule has 0 aromatic heterocycles. The lowest BCUT2D eigenvalue weighted by atomic mass is 10.2. The van der Waals surface area contributed by atoms with Gasteiger partial charge in [0.25, 0.3) is 5.69 Å². The summed E-state index contributed by atoms with van der Waals surface area (Å²) < 4.78 is 3.67. The molecule has 0 unspecified atom stereocenters. The van der Waals surface area contributed by atoms with Crippen LogP contribution < -0.4 is 14.9 Å². The number of nitro benzene ring substituents is 1. The molecule has 0 aliphatic rings. The zero-order valence-corrected chi connectivity index (χ0v) is 11.9. The molecule has 6 nitrogen and oxygen atoms in total. The third-order valence-corrected chi connectivity index (χ3v) is 3.04. The van der Waals surface area contributed by atoms with E-state index in [1.165, 1.54) is 18.0 Å². The van der Waals surface area contributed by atoms with Crippen molar-refractivity contribution in [2.24, 2.45) is 0 Å². The van der Waals surface area contributed by atoms with Crippen LogP contribution in [0, 0.1) is 10.1 Å². The van der Waals surface area contributed by atoms with Gasteiger partial charge in [0.2, 0.25) is 0 Å². The molecule has 100 valence electrons. The topological polar surface area (TPSA) is 81.2 Å². The molecule has 0 amide bonds. The van der Waals surface area contributed by atoms with Crippen LogP contribution in [0.25, 0.3) is 0 Å². The number of hydrogen-bond donors (Lipinski definition) is 2. The molecule has 1 rings (SSSR count). The Morgan fingerprint density at radius 3 is 2.50 bits per heavy atom. The molecule has 0 radical (unpaired) electrons. The molecule has 0 aliphatic heterocycles. The zero-order valence-electron chi connectivity index (χ0n) is 11.1. The van der Waals surface area contributed by atoms with E-state index < -0.39 is 4.92 Å². The van der Waals surface area contributed by atoms with Crippen LogP contribution in [0.15, 0.2) is 12.1 Å². The summed E-state index contributed by atoms with van der Waals surface area (Å²) in [6.07, 6.45) is 0. The molecule has 1 aromatic carbocycles. The molecule has 0 aliphatic carbocycles. The van der Waals surface area contributed by atoms with E-state index in [-0.39, 0.29) is 11.4 Å². The van der Waals surface area contributed by atoms with Crippen molar-refractivity contribution in [1.82, 2.24) is 4.48 Å². The van der Waals surface area contributed by atoms with E-state index in [0.29, 0.717) is 4.48 Å². The molecule has 18 heavy (non-hydrogen) atoms. The van der Waals surface area contributed by atoms with Crippen LogP contribution in [0.4, 0.5) is 22.7 Å². The van der Waals surface area contributed by atoms with Crippen LogP contribution in [-0.2, 0) is 0 Å². The van der Waals surface area contributed by atoms with E-state index in [1.807, 2.05) is 28.1 Å². The molecular weight excluding hydrogens is 252 g/mol. The summed E-state index contributed by atoms with van der Waals surface area (Å²) in [5, 5.41) is 10.9. The minimum absolute atomic E-state index is 0.0635. The predicted octanol–water partition coefficient (Wildman–Crippen LogP) is 2.45. The molecule has 3 N–H and O–H groups in total. The van der Waals surface area contributed by atoms with Crippen molar-refractivity contribution in [3.63, 3.8) is 0 Å². The highest BCUT2D eigenvalue weighted by Gasteiger charge is 2.24. The number of nitrogens with two attached hydrogens (primary N) is 1. The Kier molecular flexibility index (Phi) is 4.42. The first-order valence-electron chi connectivity index (χ1n) is 5.55. The Morgan fingerprint density at radius 1 is 1.44 bits per heavy atom. The van der Waals surface area contributed by atoms with Crippen LogP contribution in [0.3, 0.4) is 0 Å². The largest absolute Gasteiger partial charge is 0.393 e. The number of nitrogen functional groups attached to an aromatic ring is 1. The number of benzene rings is 1. The Labute approximate surface area is 111 Å². The molecule has 0 fully saturated rings. The minimum atomic E-state index is -0.462. The van der Waals surface area contributed by atoms with Gasteiger partial charge in [-0.15, -0.1) is 0 Å². The van der Waals surface area contributed by atoms with Crippen LogP contribution in [0.2, 0.25) is 0 Å². The predicted molar refractivity (Wildman–Crippen MR) is 78.8 cm³/mol. The van der Waals surface area contributed by atoms with E-state index in [2.05, 4.69) is 4.72 Å². The van der Waals surface area contributed by atoms with Crippen molar-refractivity contribution in [3.05, 3.63) is 22.2 Å². The molecule has 0 atom stereocenters. The van der Waals surface area contributed by atoms with Crippen molar-refractivity contribution in [3.8, 4) is 0 Å². The zero-order chi connectivity index (χ0) is 13.9. The molecule has 0 bridgehead atoms. The number of nitrogens with zero attached hydrogens (tertiary/aromatic N) is 2. The highest BCUT2D eigenvalue weighted by molar-refractivity contribution is 8.00. The summed E-state index contributed by atoms with van der Waals surface area (Å²) in [6, 6.07) is 3.16. The summed E-state index contributed by atoms with van der Waals surface area (Å²) in [6.45, 7) is 2.01. The van der Waals surface area contributed by atoms with Gasteiger partial charge in [0.1, 0.15) is 11.4 Å². The fourth-order valence-electron chi connectivity index (χ4n) is 1.54. The van der Waals surface area contributed by atoms with Crippen molar-refractivity contribution in [1.29, 1.82) is 0 Å². The maximum Gasteiger partial charge on any atom is 0.294 e. The van der Waals surface area contributed by atoms with Gasteiger partial charge < -0.3 is 10.5 Å². The van der Waals surface area contributed by atoms with Crippen LogP contribution in [0.5, 0.6) is 0 Å². The first kappa shape index (κ1) is 14.6. The lowest BCUT2D eigenvalue weighted by Crippen LogP contribution is -2.35. The van der Waals surface area contributed by atoms with E-state index in [1.54, 1.807) is 6.07 Å². The van der Waals surface area contributed by atoms with Crippen molar-refractivity contribution < 1.29 is 4.92 Å². The van der Waals surface area contributed by atoms with Gasteiger partial charge >= 0.3 is 0 Å². The minimum Gasteiger partial charge on any atom is -0.393 e. The van der Waals surface area contributed by atoms with Gasteiger partial charge in [-0.25, -0.2) is 0 Å². The summed E-state index contributed by atoms with van der Waals surface area (Å²) >= 11 is 1.49. The fourth-order valence-corrected chi connectivity index (χ4v) is 2.00. The van der Waals surface area contributed by atoms with Gasteiger partial charge in [0.05, 0.1) is 26.1 Å². The summed E-state index contributed by atoms with van der Waals surface area (Å²) in [7, 11) is 5.97. The Balaban J connectivity index is 3.32. The number of quaternary nitrogens is 1. The maximum absolute atomic E-state index is 10.9. The van der Waals surface area contributed by atoms with Gasteiger partial charge in [0, 0.05) is 17.9 Å². The molecular formula is C11H19N4O2S+. The second-order valence-corrected chi connectivity index (χ2v) is 5.80. The first-order valence-corrected chi connectivity index (χ1v) is 6.53. The van der Waals surface area contributed by atoms with E-state index in [9.17, 15) is 10.1 Å². The smallest absolute Gasteiger partial charge is 0.294 e. The lowest BCUT2D eigenvalue weighted by molar-refractivity contribution is -0.383. The number of rotatable bonds is 5. The summed E-state index contributed by atoms with van der Waals surface area (Å²) in [4.78, 5) is 10.4. The SMILES string of the molecule is CCSNc1cc([N+](=O)[O-])c(N)cc1[N+](C)(C)C. The molecule has 0 saturated carbocycles. The van der Waals surface area contributed by atoms with Gasteiger partial charge in [0.15, 0.2) is 5.69 Å². The molecule has 0 saturated heterocycles. The Bertz CT molecular complexity index is 457. The second kappa shape index (κ2) is 5.45. The van der Waals surface area contributed by atoms with Crippen molar-refractivity contribution >= 4 is 34.7 Å². The number of anilines is 2. The monoisotopic (exact) mass is 271 g/mol. The number of nitro groups is 1. The average Bonchev–Trinajstić information content (AvgIpc) is 2.25. The van der Waals surface area contributed by atoms with Crippen LogP contribution in [-0.4, -0.2) is 31.8 Å². The highest BCUT2D eigenvalue weighted by atomic mass is 32.2. The third kappa shape index (κ3) is 3.27. The van der Waals surface area contributed by atoms with E-state index in [0.717, 1.165) is 17.1 Å².